The average molecular weight is 292 g/mol. The fraction of sp³-hybridized carbons (Fsp3) is 0.571. The standard InChI is InChI=1S/C14H20N4OS/c15-13-11-5-8-20-14(11)17-12(16-13)9-18(6-7-19)10-3-1-2-4-10/h5,8,10,19H,1-4,6-7,9H2,(H2,15,16,17). The molecule has 3 N–H and O–H groups in total. The third-order valence-electron chi connectivity index (χ3n) is 3.97. The van der Waals surface area contributed by atoms with E-state index in [1.807, 2.05) is 11.4 Å². The van der Waals surface area contributed by atoms with Crippen molar-refractivity contribution in [3.05, 3.63) is 17.3 Å². The van der Waals surface area contributed by atoms with Crippen molar-refractivity contribution in [3.63, 3.8) is 0 Å². The Labute approximate surface area is 122 Å². The Morgan fingerprint density at radius 3 is 2.90 bits per heavy atom. The minimum atomic E-state index is 0.174. The Hall–Kier alpha value is -1.24. The van der Waals surface area contributed by atoms with Crippen LogP contribution in [0.25, 0.3) is 10.2 Å². The maximum absolute atomic E-state index is 9.26. The fourth-order valence-corrected chi connectivity index (χ4v) is 3.76. The van der Waals surface area contributed by atoms with Gasteiger partial charge in [-0.15, -0.1) is 11.3 Å². The van der Waals surface area contributed by atoms with Crippen molar-refractivity contribution in [3.8, 4) is 0 Å². The van der Waals surface area contributed by atoms with Gasteiger partial charge in [-0.3, -0.25) is 4.90 Å². The van der Waals surface area contributed by atoms with E-state index >= 15 is 0 Å². The molecule has 2 aromatic heterocycles. The molecule has 0 saturated heterocycles. The number of fused-ring (bicyclic) bond motifs is 1. The van der Waals surface area contributed by atoms with E-state index < -0.39 is 0 Å². The van der Waals surface area contributed by atoms with E-state index in [0.29, 0.717) is 24.9 Å². The van der Waals surface area contributed by atoms with E-state index in [1.165, 1.54) is 25.7 Å². The van der Waals surface area contributed by atoms with Crippen LogP contribution in [0.1, 0.15) is 31.5 Å². The highest BCUT2D eigenvalue weighted by molar-refractivity contribution is 7.16. The summed E-state index contributed by atoms with van der Waals surface area (Å²) in [7, 11) is 0. The molecule has 1 aliphatic rings. The highest BCUT2D eigenvalue weighted by Gasteiger charge is 2.23. The number of rotatable bonds is 5. The van der Waals surface area contributed by atoms with Crippen LogP contribution in [0.3, 0.4) is 0 Å². The minimum Gasteiger partial charge on any atom is -0.395 e. The SMILES string of the molecule is Nc1nc(CN(CCO)C2CCCC2)nc2sccc12. The molecule has 2 heterocycles. The molecule has 0 aromatic carbocycles. The number of hydrogen-bond acceptors (Lipinski definition) is 6. The zero-order chi connectivity index (χ0) is 13.9. The van der Waals surface area contributed by atoms with Gasteiger partial charge in [0.05, 0.1) is 18.5 Å². The van der Waals surface area contributed by atoms with Crippen LogP contribution in [0.15, 0.2) is 11.4 Å². The van der Waals surface area contributed by atoms with E-state index in [-0.39, 0.29) is 6.61 Å². The summed E-state index contributed by atoms with van der Waals surface area (Å²) >= 11 is 1.59. The Bertz CT molecular complexity index is 580. The first-order chi connectivity index (χ1) is 9.78. The highest BCUT2D eigenvalue weighted by atomic mass is 32.1. The summed E-state index contributed by atoms with van der Waals surface area (Å²) in [5.74, 6) is 1.32. The predicted octanol–water partition coefficient (Wildman–Crippen LogP) is 2.01. The van der Waals surface area contributed by atoms with Gasteiger partial charge in [0.25, 0.3) is 0 Å². The molecule has 1 saturated carbocycles. The van der Waals surface area contributed by atoms with Crippen LogP contribution in [0.4, 0.5) is 5.82 Å². The van der Waals surface area contributed by atoms with E-state index in [4.69, 9.17) is 5.73 Å². The fourth-order valence-electron chi connectivity index (χ4n) is 2.97. The first-order valence-electron chi connectivity index (χ1n) is 7.12. The van der Waals surface area contributed by atoms with Gasteiger partial charge in [-0.25, -0.2) is 9.97 Å². The number of anilines is 1. The molecule has 1 aliphatic carbocycles. The number of nitrogen functional groups attached to an aromatic ring is 1. The number of nitrogens with two attached hydrogens (primary N) is 1. The molecule has 108 valence electrons. The topological polar surface area (TPSA) is 75.3 Å². The van der Waals surface area contributed by atoms with Crippen LogP contribution in [0, 0.1) is 0 Å². The van der Waals surface area contributed by atoms with E-state index in [9.17, 15) is 5.11 Å². The van der Waals surface area contributed by atoms with Gasteiger partial charge in [0.1, 0.15) is 16.5 Å². The van der Waals surface area contributed by atoms with Crippen molar-refractivity contribution < 1.29 is 5.11 Å². The molecule has 0 amide bonds. The number of aliphatic hydroxyl groups is 1. The largest absolute Gasteiger partial charge is 0.395 e. The minimum absolute atomic E-state index is 0.174. The first-order valence-corrected chi connectivity index (χ1v) is 8.00. The maximum atomic E-state index is 9.26. The summed E-state index contributed by atoms with van der Waals surface area (Å²) in [6.07, 6.45) is 4.96. The van der Waals surface area contributed by atoms with Gasteiger partial charge >= 0.3 is 0 Å². The second kappa shape index (κ2) is 6.03. The Morgan fingerprint density at radius 2 is 2.15 bits per heavy atom. The van der Waals surface area contributed by atoms with Crippen LogP contribution in [-0.4, -0.2) is 39.2 Å². The van der Waals surface area contributed by atoms with Crippen LogP contribution in [0.2, 0.25) is 0 Å². The second-order valence-corrected chi connectivity index (χ2v) is 6.19. The summed E-state index contributed by atoms with van der Waals surface area (Å²) in [6, 6.07) is 2.51. The Balaban J connectivity index is 1.81. The molecule has 0 spiro atoms. The molecule has 0 aliphatic heterocycles. The normalized spacial score (nSPS) is 16.5. The van der Waals surface area contributed by atoms with Crippen molar-refractivity contribution in [2.75, 3.05) is 18.9 Å². The van der Waals surface area contributed by atoms with Crippen LogP contribution in [0.5, 0.6) is 0 Å². The lowest BCUT2D eigenvalue weighted by Crippen LogP contribution is -2.35. The van der Waals surface area contributed by atoms with Gasteiger partial charge in [-0.05, 0) is 24.3 Å². The number of thiophene rings is 1. The van der Waals surface area contributed by atoms with E-state index in [0.717, 1.165) is 16.0 Å². The van der Waals surface area contributed by atoms with Crippen LogP contribution >= 0.6 is 11.3 Å². The Kier molecular flexibility index (Phi) is 4.14. The second-order valence-electron chi connectivity index (χ2n) is 5.30. The molecule has 0 atom stereocenters. The monoisotopic (exact) mass is 292 g/mol. The number of aromatic nitrogens is 2. The summed E-state index contributed by atoms with van der Waals surface area (Å²) in [6.45, 7) is 1.52. The summed E-state index contributed by atoms with van der Waals surface area (Å²) in [5.41, 5.74) is 5.99. The zero-order valence-electron chi connectivity index (χ0n) is 11.5. The molecule has 5 nitrogen and oxygen atoms in total. The third-order valence-corrected chi connectivity index (χ3v) is 4.78. The van der Waals surface area contributed by atoms with Crippen LogP contribution < -0.4 is 5.73 Å². The van der Waals surface area contributed by atoms with Gasteiger partial charge < -0.3 is 10.8 Å². The van der Waals surface area contributed by atoms with Crippen molar-refractivity contribution in [2.45, 2.75) is 38.3 Å². The number of hydrogen-bond donors (Lipinski definition) is 2. The lowest BCUT2D eigenvalue weighted by molar-refractivity contribution is 0.142. The smallest absolute Gasteiger partial charge is 0.146 e. The van der Waals surface area contributed by atoms with E-state index in [1.54, 1.807) is 11.3 Å². The highest BCUT2D eigenvalue weighted by Crippen LogP contribution is 2.26. The quantitative estimate of drug-likeness (QED) is 0.881. The molecule has 2 aromatic rings. The van der Waals surface area contributed by atoms with Gasteiger partial charge in [0, 0.05) is 12.6 Å². The summed E-state index contributed by atoms with van der Waals surface area (Å²) in [4.78, 5) is 12.3. The Morgan fingerprint density at radius 1 is 1.35 bits per heavy atom. The third kappa shape index (κ3) is 2.77. The van der Waals surface area contributed by atoms with Gasteiger partial charge in [0.2, 0.25) is 0 Å². The van der Waals surface area contributed by atoms with Crippen molar-refractivity contribution in [1.29, 1.82) is 0 Å². The molecule has 1 fully saturated rings. The molecule has 6 heteroatoms. The summed E-state index contributed by atoms with van der Waals surface area (Å²) < 4.78 is 0. The molecule has 0 radical (unpaired) electrons. The lowest BCUT2D eigenvalue weighted by atomic mass is 10.2. The first kappa shape index (κ1) is 13.7. The van der Waals surface area contributed by atoms with Crippen molar-refractivity contribution in [1.82, 2.24) is 14.9 Å². The zero-order valence-corrected chi connectivity index (χ0v) is 12.3. The van der Waals surface area contributed by atoms with Crippen molar-refractivity contribution in [2.24, 2.45) is 0 Å². The van der Waals surface area contributed by atoms with Gasteiger partial charge in [-0.1, -0.05) is 12.8 Å². The lowest BCUT2D eigenvalue weighted by Gasteiger charge is -2.27. The molecule has 0 bridgehead atoms. The maximum Gasteiger partial charge on any atom is 0.146 e. The number of nitrogens with zero attached hydrogens (tertiary/aromatic N) is 3. The van der Waals surface area contributed by atoms with Crippen LogP contribution in [-0.2, 0) is 6.54 Å². The molecule has 0 unspecified atom stereocenters. The summed E-state index contributed by atoms with van der Waals surface area (Å²) in [5, 5.41) is 12.2. The molecule has 20 heavy (non-hydrogen) atoms. The molecule has 3 rings (SSSR count). The molecular formula is C14H20N4OS. The van der Waals surface area contributed by atoms with Gasteiger partial charge in [0.15, 0.2) is 0 Å². The molecular weight excluding hydrogens is 272 g/mol. The van der Waals surface area contributed by atoms with Gasteiger partial charge in [-0.2, -0.15) is 0 Å². The van der Waals surface area contributed by atoms with Crippen molar-refractivity contribution >= 4 is 27.4 Å². The van der Waals surface area contributed by atoms with E-state index in [2.05, 4.69) is 14.9 Å². The average Bonchev–Trinajstić information content (AvgIpc) is 3.09. The number of aliphatic hydroxyl groups excluding tert-OH is 1. The predicted molar refractivity (Wildman–Crippen MR) is 81.6 cm³/mol.